The van der Waals surface area contributed by atoms with Crippen molar-refractivity contribution >= 4 is 17.9 Å². The molecule has 0 aromatic carbocycles. The quantitative estimate of drug-likeness (QED) is 0.0261. The molecule has 0 aliphatic rings. The molecule has 0 aliphatic heterocycles. The number of hydrogen-bond acceptors (Lipinski definition) is 6. The highest BCUT2D eigenvalue weighted by atomic mass is 16.6. The van der Waals surface area contributed by atoms with Gasteiger partial charge in [-0.2, -0.15) is 0 Å². The second-order valence-corrected chi connectivity index (χ2v) is 23.8. The van der Waals surface area contributed by atoms with Crippen LogP contribution in [0.3, 0.4) is 0 Å². The molecule has 82 heavy (non-hydrogen) atoms. The molecule has 6 nitrogen and oxygen atoms in total. The third-order valence-corrected chi connectivity index (χ3v) is 15.6. The molecule has 6 heteroatoms. The Morgan fingerprint density at radius 1 is 0.256 bits per heavy atom. The number of esters is 3. The smallest absolute Gasteiger partial charge is 0.306 e. The van der Waals surface area contributed by atoms with Crippen LogP contribution in [0.1, 0.15) is 361 Å². The van der Waals surface area contributed by atoms with Crippen LogP contribution in [-0.2, 0) is 28.6 Å². The lowest BCUT2D eigenvalue weighted by atomic mass is 10.0. The molecule has 0 bridgehead atoms. The highest BCUT2D eigenvalue weighted by Gasteiger charge is 2.19. The van der Waals surface area contributed by atoms with Crippen molar-refractivity contribution in [2.75, 3.05) is 13.2 Å². The Hall–Kier alpha value is -3.41. The van der Waals surface area contributed by atoms with Crippen molar-refractivity contribution in [3.05, 3.63) is 85.1 Å². The lowest BCUT2D eigenvalue weighted by Crippen LogP contribution is -2.30. The molecule has 0 spiro atoms. The zero-order valence-corrected chi connectivity index (χ0v) is 54.5. The minimum atomic E-state index is -0.774. The highest BCUT2D eigenvalue weighted by Crippen LogP contribution is 2.18. The van der Waals surface area contributed by atoms with Gasteiger partial charge in [-0.1, -0.05) is 331 Å². The molecule has 0 heterocycles. The van der Waals surface area contributed by atoms with E-state index in [1.165, 1.54) is 225 Å². The van der Waals surface area contributed by atoms with Crippen LogP contribution >= 0.6 is 0 Å². The van der Waals surface area contributed by atoms with E-state index in [1.54, 1.807) is 0 Å². The van der Waals surface area contributed by atoms with Crippen LogP contribution in [0.2, 0.25) is 0 Å². The van der Waals surface area contributed by atoms with Gasteiger partial charge >= 0.3 is 17.9 Å². The summed E-state index contributed by atoms with van der Waals surface area (Å²) in [7, 11) is 0. The van der Waals surface area contributed by atoms with Gasteiger partial charge < -0.3 is 14.2 Å². The van der Waals surface area contributed by atoms with Gasteiger partial charge in [-0.25, -0.2) is 0 Å². The maximum atomic E-state index is 12.9. The fraction of sp³-hybridized carbons (Fsp3) is 0.776. The van der Waals surface area contributed by atoms with Gasteiger partial charge in [0.1, 0.15) is 13.2 Å². The molecule has 0 aliphatic carbocycles. The Morgan fingerprint density at radius 3 is 0.756 bits per heavy atom. The van der Waals surface area contributed by atoms with Crippen LogP contribution in [0.25, 0.3) is 0 Å². The number of carbonyl (C=O) groups excluding carboxylic acids is 3. The third kappa shape index (κ3) is 67.4. The maximum Gasteiger partial charge on any atom is 0.306 e. The average molecular weight is 1140 g/mol. The van der Waals surface area contributed by atoms with Crippen LogP contribution in [0.4, 0.5) is 0 Å². The second kappa shape index (κ2) is 70.1. The molecule has 0 N–H and O–H groups in total. The largest absolute Gasteiger partial charge is 0.462 e. The maximum absolute atomic E-state index is 12.9. The Bertz CT molecular complexity index is 1550. The first kappa shape index (κ1) is 78.6. The van der Waals surface area contributed by atoms with E-state index < -0.39 is 6.10 Å². The van der Waals surface area contributed by atoms with E-state index in [0.717, 1.165) is 96.3 Å². The van der Waals surface area contributed by atoms with Crippen molar-refractivity contribution in [2.45, 2.75) is 367 Å². The van der Waals surface area contributed by atoms with Gasteiger partial charge in [-0.15, -0.1) is 0 Å². The van der Waals surface area contributed by atoms with E-state index >= 15 is 0 Å². The minimum Gasteiger partial charge on any atom is -0.462 e. The van der Waals surface area contributed by atoms with E-state index in [2.05, 4.69) is 106 Å². The van der Waals surface area contributed by atoms with Crippen LogP contribution < -0.4 is 0 Å². The second-order valence-electron chi connectivity index (χ2n) is 23.8. The number of hydrogen-bond donors (Lipinski definition) is 0. The van der Waals surface area contributed by atoms with Crippen LogP contribution in [0.15, 0.2) is 85.1 Å². The summed E-state index contributed by atoms with van der Waals surface area (Å²) in [5, 5.41) is 0. The van der Waals surface area contributed by atoms with Crippen molar-refractivity contribution < 1.29 is 28.6 Å². The summed E-state index contributed by atoms with van der Waals surface area (Å²) in [6.45, 7) is 6.54. The lowest BCUT2D eigenvalue weighted by Gasteiger charge is -2.18. The number of unbranched alkanes of at least 4 members (excludes halogenated alkanes) is 40. The molecular formula is C76H134O6. The van der Waals surface area contributed by atoms with Crippen molar-refractivity contribution in [3.63, 3.8) is 0 Å². The zero-order chi connectivity index (χ0) is 59.2. The van der Waals surface area contributed by atoms with Crippen LogP contribution in [-0.4, -0.2) is 37.2 Å². The molecule has 0 saturated carbocycles. The molecular weight excluding hydrogens is 1010 g/mol. The fourth-order valence-corrected chi connectivity index (χ4v) is 10.3. The molecule has 474 valence electrons. The summed E-state index contributed by atoms with van der Waals surface area (Å²) < 4.78 is 16.9. The first-order valence-corrected chi connectivity index (χ1v) is 35.6. The summed E-state index contributed by atoms with van der Waals surface area (Å²) in [6, 6.07) is 0. The molecule has 0 rings (SSSR count). The Kier molecular flexibility index (Phi) is 67.2. The summed E-state index contributed by atoms with van der Waals surface area (Å²) >= 11 is 0. The number of carbonyl (C=O) groups is 3. The Labute approximate surface area is 509 Å². The normalized spacial score (nSPS) is 12.6. The standard InChI is InChI=1S/C76H134O6/c1-4-7-10-13-16-19-21-23-25-27-29-31-33-35-36-37-38-39-40-42-43-45-47-49-51-53-55-57-60-63-66-69-75(78)81-72-73(71-80-74(77)68-65-62-59-18-15-12-9-6-3)82-76(79)70-67-64-61-58-56-54-52-50-48-46-44-41-34-32-30-28-26-24-22-20-17-14-11-8-5-2/h7,10,16,19,23,25,28-31,35-36,38-39,73H,4-6,8-9,11-15,17-18,20-22,24,26-27,32-34,37,40-72H2,1-3H3/b10-7-,19-16-,25-23-,30-28-,31-29-,36-35-,39-38-. The SMILES string of the molecule is CC/C=C\C/C=C\C/C=C\C/C=C\C/C=C\C/C=C\CCCCCCCCCCCCCCC(=O)OCC(COC(=O)CCCCCCCCCC)OC(=O)CCCCCCCCCCCCCCC/C=C\CCCCCCCCCC. The minimum absolute atomic E-state index is 0.0724. The third-order valence-electron chi connectivity index (χ3n) is 15.6. The van der Waals surface area contributed by atoms with E-state index in [0.29, 0.717) is 19.3 Å². The predicted octanol–water partition coefficient (Wildman–Crippen LogP) is 24.6. The van der Waals surface area contributed by atoms with Gasteiger partial charge in [0, 0.05) is 19.3 Å². The molecule has 0 radical (unpaired) electrons. The monoisotopic (exact) mass is 1140 g/mol. The molecule has 0 saturated heterocycles. The summed E-state index contributed by atoms with van der Waals surface area (Å²) in [5.74, 6) is -0.861. The van der Waals surface area contributed by atoms with Crippen molar-refractivity contribution in [2.24, 2.45) is 0 Å². The number of ether oxygens (including phenoxy) is 3. The van der Waals surface area contributed by atoms with Crippen molar-refractivity contribution in [1.29, 1.82) is 0 Å². The van der Waals surface area contributed by atoms with Crippen LogP contribution in [0.5, 0.6) is 0 Å². The van der Waals surface area contributed by atoms with Gasteiger partial charge in [-0.3, -0.25) is 14.4 Å². The Morgan fingerprint density at radius 2 is 0.476 bits per heavy atom. The highest BCUT2D eigenvalue weighted by molar-refractivity contribution is 5.71. The fourth-order valence-electron chi connectivity index (χ4n) is 10.3. The van der Waals surface area contributed by atoms with Crippen molar-refractivity contribution in [1.82, 2.24) is 0 Å². The van der Waals surface area contributed by atoms with E-state index in [1.807, 2.05) is 0 Å². The van der Waals surface area contributed by atoms with Gasteiger partial charge in [0.25, 0.3) is 0 Å². The summed E-state index contributed by atoms with van der Waals surface area (Å²) in [5.41, 5.74) is 0. The van der Waals surface area contributed by atoms with Gasteiger partial charge in [0.2, 0.25) is 0 Å². The van der Waals surface area contributed by atoms with E-state index in [-0.39, 0.29) is 31.1 Å². The summed E-state index contributed by atoms with van der Waals surface area (Å²) in [4.78, 5) is 38.3. The van der Waals surface area contributed by atoms with Crippen molar-refractivity contribution in [3.8, 4) is 0 Å². The van der Waals surface area contributed by atoms with Gasteiger partial charge in [0.15, 0.2) is 6.10 Å². The van der Waals surface area contributed by atoms with Gasteiger partial charge in [-0.05, 0) is 96.3 Å². The molecule has 0 aromatic rings. The first-order chi connectivity index (χ1) is 40.5. The molecule has 0 amide bonds. The number of rotatable bonds is 65. The van der Waals surface area contributed by atoms with Crippen LogP contribution in [0, 0.1) is 0 Å². The van der Waals surface area contributed by atoms with E-state index in [9.17, 15) is 14.4 Å². The lowest BCUT2D eigenvalue weighted by molar-refractivity contribution is -0.167. The van der Waals surface area contributed by atoms with E-state index in [4.69, 9.17) is 14.2 Å². The van der Waals surface area contributed by atoms with Gasteiger partial charge in [0.05, 0.1) is 0 Å². The molecule has 1 unspecified atom stereocenters. The summed E-state index contributed by atoms with van der Waals surface area (Å²) in [6.07, 6.45) is 93.5. The number of allylic oxidation sites excluding steroid dienone is 14. The zero-order valence-electron chi connectivity index (χ0n) is 54.5. The predicted molar refractivity (Wildman–Crippen MR) is 358 cm³/mol. The Balaban J connectivity index is 4.10. The first-order valence-electron chi connectivity index (χ1n) is 35.6. The topological polar surface area (TPSA) is 78.9 Å². The average Bonchev–Trinajstić information content (AvgIpc) is 3.47. The molecule has 0 fully saturated rings. The molecule has 1 atom stereocenters. The molecule has 0 aromatic heterocycles.